The largest absolute Gasteiger partial charge is 0.395 e. The van der Waals surface area contributed by atoms with Gasteiger partial charge in [0.25, 0.3) is 0 Å². The maximum Gasteiger partial charge on any atom is 0.242 e. The molecule has 0 fully saturated rings. The molecule has 0 rings (SSSR count). The minimum Gasteiger partial charge on any atom is -0.395 e. The zero-order valence-electron chi connectivity index (χ0n) is 14.3. The average Bonchev–Trinajstić information content (AvgIpc) is 2.50. The molecule has 3 N–H and O–H groups in total. The van der Waals surface area contributed by atoms with E-state index in [2.05, 4.69) is 17.6 Å². The Labute approximate surface area is 135 Å². The summed E-state index contributed by atoms with van der Waals surface area (Å²) in [5.74, 6) is -0.330. The number of hydrogen-bond acceptors (Lipinski definition) is 3. The molecule has 0 aliphatic carbocycles. The molecular weight excluding hydrogens is 280 g/mol. The topological polar surface area (TPSA) is 78.4 Å². The van der Waals surface area contributed by atoms with Crippen LogP contribution in [0.2, 0.25) is 0 Å². The van der Waals surface area contributed by atoms with Crippen molar-refractivity contribution in [1.29, 1.82) is 0 Å². The van der Waals surface area contributed by atoms with E-state index in [0.29, 0.717) is 6.42 Å². The Morgan fingerprint density at radius 1 is 0.955 bits per heavy atom. The highest BCUT2D eigenvalue weighted by Gasteiger charge is 2.14. The van der Waals surface area contributed by atoms with Crippen LogP contribution in [0, 0.1) is 0 Å². The molecular formula is C17H34N2O3. The maximum atomic E-state index is 11.7. The minimum atomic E-state index is -0.544. The summed E-state index contributed by atoms with van der Waals surface area (Å²) in [4.78, 5) is 23.2. The molecule has 0 saturated heterocycles. The fourth-order valence-electron chi connectivity index (χ4n) is 2.31. The first-order valence-corrected chi connectivity index (χ1v) is 8.79. The van der Waals surface area contributed by atoms with Crippen LogP contribution in [-0.4, -0.2) is 36.1 Å². The first-order chi connectivity index (χ1) is 10.6. The summed E-state index contributed by atoms with van der Waals surface area (Å²) >= 11 is 0. The third-order valence-electron chi connectivity index (χ3n) is 3.69. The van der Waals surface area contributed by atoms with E-state index in [1.807, 2.05) is 0 Å². The van der Waals surface area contributed by atoms with Gasteiger partial charge in [-0.05, 0) is 13.3 Å². The zero-order valence-corrected chi connectivity index (χ0v) is 14.3. The van der Waals surface area contributed by atoms with Gasteiger partial charge in [0, 0.05) is 13.0 Å². The molecule has 0 aromatic carbocycles. The summed E-state index contributed by atoms with van der Waals surface area (Å²) in [5, 5.41) is 13.8. The molecule has 0 aromatic heterocycles. The Morgan fingerprint density at radius 3 is 2.05 bits per heavy atom. The second kappa shape index (κ2) is 14.8. The summed E-state index contributed by atoms with van der Waals surface area (Å²) in [6.07, 6.45) is 11.5. The normalized spacial score (nSPS) is 12.0. The molecule has 5 nitrogen and oxygen atoms in total. The summed E-state index contributed by atoms with van der Waals surface area (Å²) in [7, 11) is 0. The van der Waals surface area contributed by atoms with Crippen LogP contribution in [0.25, 0.3) is 0 Å². The lowest BCUT2D eigenvalue weighted by atomic mass is 10.1. The summed E-state index contributed by atoms with van der Waals surface area (Å²) in [6.45, 7) is 4.01. The number of nitrogens with one attached hydrogen (secondary N) is 2. The van der Waals surface area contributed by atoms with Crippen LogP contribution in [0.4, 0.5) is 0 Å². The van der Waals surface area contributed by atoms with Gasteiger partial charge in [-0.2, -0.15) is 0 Å². The first-order valence-electron chi connectivity index (χ1n) is 8.79. The van der Waals surface area contributed by atoms with Crippen LogP contribution in [0.3, 0.4) is 0 Å². The highest BCUT2D eigenvalue weighted by Crippen LogP contribution is 2.10. The van der Waals surface area contributed by atoms with E-state index in [1.165, 1.54) is 44.9 Å². The molecule has 0 radical (unpaired) electrons. The molecule has 0 aromatic rings. The monoisotopic (exact) mass is 314 g/mol. The van der Waals surface area contributed by atoms with Gasteiger partial charge >= 0.3 is 0 Å². The van der Waals surface area contributed by atoms with Crippen LogP contribution < -0.4 is 10.6 Å². The van der Waals surface area contributed by atoms with E-state index in [0.717, 1.165) is 12.8 Å². The quantitative estimate of drug-likeness (QED) is 0.431. The first kappa shape index (κ1) is 20.9. The molecule has 0 spiro atoms. The second-order valence-corrected chi connectivity index (χ2v) is 5.88. The van der Waals surface area contributed by atoms with Gasteiger partial charge in [-0.15, -0.1) is 0 Å². The second-order valence-electron chi connectivity index (χ2n) is 5.88. The molecule has 22 heavy (non-hydrogen) atoms. The van der Waals surface area contributed by atoms with Crippen molar-refractivity contribution in [1.82, 2.24) is 10.6 Å². The van der Waals surface area contributed by atoms with Crippen molar-refractivity contribution in [3.05, 3.63) is 0 Å². The number of aliphatic hydroxyl groups excluding tert-OH is 1. The van der Waals surface area contributed by atoms with Crippen LogP contribution in [-0.2, 0) is 9.59 Å². The number of rotatable bonds is 14. The standard InChI is InChI=1S/C17H34N2O3/c1-3-4-5-6-7-8-9-10-11-12-16(21)19-15(2)17(22)18-13-14-20/h15,20H,3-14H2,1-2H3,(H,18,22)(H,19,21)/t15-/m0/s1. The van der Waals surface area contributed by atoms with E-state index >= 15 is 0 Å². The highest BCUT2D eigenvalue weighted by molar-refractivity contribution is 5.87. The molecule has 130 valence electrons. The smallest absolute Gasteiger partial charge is 0.242 e. The molecule has 0 heterocycles. The number of amides is 2. The van der Waals surface area contributed by atoms with Crippen molar-refractivity contribution in [3.63, 3.8) is 0 Å². The summed E-state index contributed by atoms with van der Waals surface area (Å²) < 4.78 is 0. The number of hydrogen-bond donors (Lipinski definition) is 3. The zero-order chi connectivity index (χ0) is 16.6. The molecule has 2 amide bonds. The van der Waals surface area contributed by atoms with Crippen LogP contribution in [0.1, 0.15) is 78.1 Å². The molecule has 0 saturated carbocycles. The predicted octanol–water partition coefficient (Wildman–Crippen LogP) is 2.52. The van der Waals surface area contributed by atoms with Crippen molar-refractivity contribution in [3.8, 4) is 0 Å². The Morgan fingerprint density at radius 2 is 1.50 bits per heavy atom. The van der Waals surface area contributed by atoms with E-state index in [-0.39, 0.29) is 25.0 Å². The van der Waals surface area contributed by atoms with Gasteiger partial charge in [0.05, 0.1) is 6.61 Å². The molecule has 0 aliphatic rings. The van der Waals surface area contributed by atoms with E-state index < -0.39 is 6.04 Å². The Bertz CT molecular complexity index is 296. The Hall–Kier alpha value is -1.10. The van der Waals surface area contributed by atoms with Crippen molar-refractivity contribution < 1.29 is 14.7 Å². The lowest BCUT2D eigenvalue weighted by molar-refractivity contribution is -0.128. The van der Waals surface area contributed by atoms with Gasteiger partial charge in [0.2, 0.25) is 11.8 Å². The van der Waals surface area contributed by atoms with Crippen molar-refractivity contribution in [2.45, 2.75) is 84.1 Å². The highest BCUT2D eigenvalue weighted by atomic mass is 16.3. The van der Waals surface area contributed by atoms with Gasteiger partial charge in [0.1, 0.15) is 6.04 Å². The third-order valence-corrected chi connectivity index (χ3v) is 3.69. The molecule has 0 bridgehead atoms. The number of carbonyl (C=O) groups excluding carboxylic acids is 2. The Balaban J connectivity index is 3.47. The molecule has 1 atom stereocenters. The SMILES string of the molecule is CCCCCCCCCCCC(=O)N[C@@H](C)C(=O)NCCO. The summed E-state index contributed by atoms with van der Waals surface area (Å²) in [5.41, 5.74) is 0. The van der Waals surface area contributed by atoms with E-state index in [9.17, 15) is 9.59 Å². The average molecular weight is 314 g/mol. The van der Waals surface area contributed by atoms with Crippen LogP contribution >= 0.6 is 0 Å². The predicted molar refractivity (Wildman–Crippen MR) is 89.5 cm³/mol. The number of carbonyl (C=O) groups is 2. The van der Waals surface area contributed by atoms with Crippen molar-refractivity contribution in [2.24, 2.45) is 0 Å². The van der Waals surface area contributed by atoms with Gasteiger partial charge < -0.3 is 15.7 Å². The van der Waals surface area contributed by atoms with Crippen LogP contribution in [0.5, 0.6) is 0 Å². The third kappa shape index (κ3) is 12.6. The lowest BCUT2D eigenvalue weighted by Gasteiger charge is -2.13. The van der Waals surface area contributed by atoms with E-state index in [1.54, 1.807) is 6.92 Å². The van der Waals surface area contributed by atoms with Gasteiger partial charge in [0.15, 0.2) is 0 Å². The fraction of sp³-hybridized carbons (Fsp3) is 0.882. The van der Waals surface area contributed by atoms with Crippen molar-refractivity contribution >= 4 is 11.8 Å². The number of unbranched alkanes of at least 4 members (excludes halogenated alkanes) is 8. The summed E-state index contributed by atoms with van der Waals surface area (Å²) in [6, 6.07) is -0.544. The van der Waals surface area contributed by atoms with Crippen LogP contribution in [0.15, 0.2) is 0 Å². The minimum absolute atomic E-state index is 0.0744. The van der Waals surface area contributed by atoms with E-state index in [4.69, 9.17) is 5.11 Å². The van der Waals surface area contributed by atoms with Crippen molar-refractivity contribution in [2.75, 3.05) is 13.2 Å². The maximum absolute atomic E-state index is 11.7. The number of aliphatic hydroxyl groups is 1. The Kier molecular flexibility index (Phi) is 14.1. The molecule has 0 aliphatic heterocycles. The lowest BCUT2D eigenvalue weighted by Crippen LogP contribution is -2.45. The van der Waals surface area contributed by atoms with Gasteiger partial charge in [-0.1, -0.05) is 58.3 Å². The van der Waals surface area contributed by atoms with Gasteiger partial charge in [-0.25, -0.2) is 0 Å². The molecule has 0 unspecified atom stereocenters. The molecule has 5 heteroatoms. The van der Waals surface area contributed by atoms with Gasteiger partial charge in [-0.3, -0.25) is 9.59 Å². The fourth-order valence-corrected chi connectivity index (χ4v) is 2.31.